The van der Waals surface area contributed by atoms with Crippen LogP contribution in [0.25, 0.3) is 10.4 Å². The van der Waals surface area contributed by atoms with Crippen LogP contribution in [-0.2, 0) is 0 Å². The van der Waals surface area contributed by atoms with Crippen molar-refractivity contribution in [2.75, 3.05) is 0 Å². The van der Waals surface area contributed by atoms with Gasteiger partial charge in [-0.15, -0.1) is 0 Å². The third kappa shape index (κ3) is 3.48. The van der Waals surface area contributed by atoms with Crippen LogP contribution in [0, 0.1) is 5.75 Å². The first kappa shape index (κ1) is 5.48. The van der Waals surface area contributed by atoms with Crippen molar-refractivity contribution in [3.63, 3.8) is 0 Å². The summed E-state index contributed by atoms with van der Waals surface area (Å²) in [6.45, 7) is 0. The first-order valence-corrected chi connectivity index (χ1v) is 1.89. The van der Waals surface area contributed by atoms with Crippen molar-refractivity contribution in [3.05, 3.63) is 10.4 Å². The molecule has 0 saturated heterocycles. The molecule has 0 spiro atoms. The second-order valence-corrected chi connectivity index (χ2v) is 0.789. The van der Waals surface area contributed by atoms with E-state index >= 15 is 0 Å². The molecule has 0 heterocycles. The van der Waals surface area contributed by atoms with Crippen molar-refractivity contribution in [2.45, 2.75) is 0 Å². The molecule has 4 nitrogen and oxygen atoms in total. The molecule has 0 aromatic heterocycles. The molecule has 0 aromatic carbocycles. The summed E-state index contributed by atoms with van der Waals surface area (Å²) in [7, 11) is -0.125. The minimum absolute atomic E-state index is 0.125. The van der Waals surface area contributed by atoms with Gasteiger partial charge in [-0.1, -0.05) is 0 Å². The SMILES string of the molecule is [N-]=[N+]=NC#[P+]O. The second-order valence-electron chi connectivity index (χ2n) is 0.389. The Morgan fingerprint density at radius 2 is 2.67 bits per heavy atom. The Kier molecular flexibility index (Phi) is 4.09. The molecule has 1 N–H and O–H groups in total. The van der Waals surface area contributed by atoms with E-state index in [1.54, 1.807) is 0 Å². The average Bonchev–Trinajstić information content (AvgIpc) is 1.61. The van der Waals surface area contributed by atoms with E-state index in [1.165, 1.54) is 0 Å². The Bertz CT molecular complexity index is 125. The summed E-state index contributed by atoms with van der Waals surface area (Å²) in [5.74, 6) is 1.93. The Labute approximate surface area is 35.6 Å². The molecule has 30 valence electrons. The van der Waals surface area contributed by atoms with Crippen LogP contribution in [0.15, 0.2) is 5.11 Å². The van der Waals surface area contributed by atoms with Crippen molar-refractivity contribution < 1.29 is 4.89 Å². The Morgan fingerprint density at radius 1 is 2.00 bits per heavy atom. The van der Waals surface area contributed by atoms with E-state index in [0.717, 1.165) is 0 Å². The van der Waals surface area contributed by atoms with Crippen LogP contribution in [0.2, 0.25) is 0 Å². The van der Waals surface area contributed by atoms with Crippen LogP contribution in [0.1, 0.15) is 0 Å². The number of hydrogen-bond acceptors (Lipinski definition) is 2. The number of hydrogen-bond donors (Lipinski definition) is 1. The Hall–Kier alpha value is -0.520. The predicted molar refractivity (Wildman–Crippen MR) is 22.2 cm³/mol. The molecule has 0 aliphatic heterocycles. The van der Waals surface area contributed by atoms with Gasteiger partial charge in [0.1, 0.15) is 0 Å². The molecule has 0 aliphatic rings. The van der Waals surface area contributed by atoms with Crippen LogP contribution in [0.3, 0.4) is 0 Å². The first-order chi connectivity index (χ1) is 2.91. The quantitative estimate of drug-likeness (QED) is 0.211. The summed E-state index contributed by atoms with van der Waals surface area (Å²) in [5.41, 5.74) is 7.48. The molecule has 0 unspecified atom stereocenters. The fourth-order valence-corrected chi connectivity index (χ4v) is 0.120. The van der Waals surface area contributed by atoms with Crippen molar-refractivity contribution >= 4 is 8.26 Å². The summed E-state index contributed by atoms with van der Waals surface area (Å²) >= 11 is 0. The first-order valence-electron chi connectivity index (χ1n) is 1.05. The zero-order valence-electron chi connectivity index (χ0n) is 2.74. The van der Waals surface area contributed by atoms with Crippen molar-refractivity contribution in [1.82, 2.24) is 0 Å². The molecule has 5 heteroatoms. The molecular formula is CHN3OP+. The standard InChI is InChI=1S/CHN3OP/c2-4-3-1-6-5/h5H/q+1. The van der Waals surface area contributed by atoms with Gasteiger partial charge in [-0.05, 0) is 0 Å². The molecule has 0 aliphatic carbocycles. The second kappa shape index (κ2) is 4.48. The van der Waals surface area contributed by atoms with E-state index in [0.29, 0.717) is 0 Å². The molecule has 0 radical (unpaired) electrons. The fraction of sp³-hybridized carbons (Fsp3) is 0. The number of nitrogens with zero attached hydrogens (tertiary/aromatic N) is 3. The van der Waals surface area contributed by atoms with Crippen LogP contribution in [-0.4, -0.2) is 4.89 Å². The summed E-state index contributed by atoms with van der Waals surface area (Å²) in [4.78, 5) is 10.1. The molecule has 6 heavy (non-hydrogen) atoms. The van der Waals surface area contributed by atoms with Gasteiger partial charge in [0, 0.05) is 0 Å². The summed E-state index contributed by atoms with van der Waals surface area (Å²) in [6, 6.07) is 0. The zero-order valence-corrected chi connectivity index (χ0v) is 3.63. The van der Waals surface area contributed by atoms with Gasteiger partial charge >= 0.3 is 34.5 Å². The van der Waals surface area contributed by atoms with Crippen LogP contribution in [0.4, 0.5) is 0 Å². The van der Waals surface area contributed by atoms with E-state index in [-0.39, 0.29) is 8.26 Å². The number of rotatable bonds is 0. The van der Waals surface area contributed by atoms with Crippen molar-refractivity contribution in [2.24, 2.45) is 5.11 Å². The maximum atomic E-state index is 7.79. The minimum atomic E-state index is -0.125. The Morgan fingerprint density at radius 3 is 2.83 bits per heavy atom. The maximum absolute atomic E-state index is 7.79. The summed E-state index contributed by atoms with van der Waals surface area (Å²) in [5, 5.41) is 2.76. The fourth-order valence-electron chi connectivity index (χ4n) is 0.0400. The monoisotopic (exact) mass is 102 g/mol. The third-order valence-electron chi connectivity index (χ3n) is 0.134. The normalized spacial score (nSPS) is 4.83. The van der Waals surface area contributed by atoms with Crippen LogP contribution >= 0.6 is 8.26 Å². The van der Waals surface area contributed by atoms with Gasteiger partial charge < -0.3 is 0 Å². The molecule has 0 fully saturated rings. The van der Waals surface area contributed by atoms with Gasteiger partial charge in [-0.3, -0.25) is 0 Å². The molecular weight excluding hydrogens is 101 g/mol. The number of azide groups is 1. The average molecular weight is 102 g/mol. The molecule has 0 rings (SSSR count). The predicted octanol–water partition coefficient (Wildman–Crippen LogP) is 1.07. The van der Waals surface area contributed by atoms with Crippen LogP contribution < -0.4 is 0 Å². The summed E-state index contributed by atoms with van der Waals surface area (Å²) < 4.78 is 0. The van der Waals surface area contributed by atoms with E-state index < -0.39 is 0 Å². The van der Waals surface area contributed by atoms with Gasteiger partial charge in [0.05, 0.1) is 0 Å². The van der Waals surface area contributed by atoms with Gasteiger partial charge in [0.25, 0.3) is 0 Å². The molecule has 0 atom stereocenters. The molecule has 0 bridgehead atoms. The molecule has 0 saturated carbocycles. The molecule has 0 aromatic rings. The topological polar surface area (TPSA) is 69.0 Å². The van der Waals surface area contributed by atoms with Gasteiger partial charge in [-0.25, -0.2) is 0 Å². The Balaban J connectivity index is 3.53. The van der Waals surface area contributed by atoms with E-state index in [1.807, 2.05) is 5.75 Å². The van der Waals surface area contributed by atoms with Crippen molar-refractivity contribution in [1.29, 1.82) is 0 Å². The van der Waals surface area contributed by atoms with Gasteiger partial charge in [0.15, 0.2) is 0 Å². The van der Waals surface area contributed by atoms with Gasteiger partial charge in [-0.2, -0.15) is 0 Å². The third-order valence-corrected chi connectivity index (χ3v) is 0.313. The van der Waals surface area contributed by atoms with E-state index in [9.17, 15) is 0 Å². The van der Waals surface area contributed by atoms with E-state index in [4.69, 9.17) is 10.4 Å². The van der Waals surface area contributed by atoms with Gasteiger partial charge in [0.2, 0.25) is 0 Å². The zero-order chi connectivity index (χ0) is 4.83. The van der Waals surface area contributed by atoms with Crippen molar-refractivity contribution in [3.8, 4) is 5.75 Å². The molecule has 0 amide bonds. The van der Waals surface area contributed by atoms with Crippen LogP contribution in [0.5, 0.6) is 0 Å². The van der Waals surface area contributed by atoms with E-state index in [2.05, 4.69) is 10.0 Å². The summed E-state index contributed by atoms with van der Waals surface area (Å²) in [6.07, 6.45) is 0.